The first kappa shape index (κ1) is 13.8. The van der Waals surface area contributed by atoms with Crippen LogP contribution in [-0.2, 0) is 11.2 Å². The normalized spacial score (nSPS) is 14.3. The Morgan fingerprint density at radius 3 is 2.65 bits per heavy atom. The van der Waals surface area contributed by atoms with E-state index in [2.05, 4.69) is 13.0 Å². The zero-order valence-corrected chi connectivity index (χ0v) is 10.9. The standard InChI is InChI=1S/C15H22O2/c1-4-6-12(3)14(15(16)17)10-13-8-5-7-11(2)9-13/h5,7-9,12,14H,4,6,10H2,1-3H3,(H,16,17). The second kappa shape index (κ2) is 6.43. The van der Waals surface area contributed by atoms with E-state index < -0.39 is 5.97 Å². The molecular weight excluding hydrogens is 212 g/mol. The fourth-order valence-corrected chi connectivity index (χ4v) is 2.28. The van der Waals surface area contributed by atoms with Crippen molar-refractivity contribution in [3.8, 4) is 0 Å². The average molecular weight is 234 g/mol. The number of carboxylic acid groups (broad SMARTS) is 1. The number of aryl methyl sites for hydroxylation is 1. The van der Waals surface area contributed by atoms with Crippen molar-refractivity contribution in [1.29, 1.82) is 0 Å². The number of rotatable bonds is 6. The second-order valence-electron chi connectivity index (χ2n) is 4.90. The molecule has 0 bridgehead atoms. The summed E-state index contributed by atoms with van der Waals surface area (Å²) in [6.45, 7) is 6.18. The Bertz CT molecular complexity index is 371. The van der Waals surface area contributed by atoms with Gasteiger partial charge in [-0.2, -0.15) is 0 Å². The van der Waals surface area contributed by atoms with Gasteiger partial charge in [-0.3, -0.25) is 4.79 Å². The van der Waals surface area contributed by atoms with Gasteiger partial charge in [0, 0.05) is 0 Å². The lowest BCUT2D eigenvalue weighted by Crippen LogP contribution is -2.24. The molecule has 1 aromatic carbocycles. The molecular formula is C15H22O2. The summed E-state index contributed by atoms with van der Waals surface area (Å²) in [6, 6.07) is 8.12. The summed E-state index contributed by atoms with van der Waals surface area (Å²) in [5.41, 5.74) is 2.31. The summed E-state index contributed by atoms with van der Waals surface area (Å²) >= 11 is 0. The monoisotopic (exact) mass is 234 g/mol. The van der Waals surface area contributed by atoms with Gasteiger partial charge in [-0.05, 0) is 24.8 Å². The van der Waals surface area contributed by atoms with Crippen LogP contribution in [0.3, 0.4) is 0 Å². The maximum Gasteiger partial charge on any atom is 0.307 e. The van der Waals surface area contributed by atoms with E-state index in [9.17, 15) is 9.90 Å². The van der Waals surface area contributed by atoms with Crippen molar-refractivity contribution >= 4 is 5.97 Å². The van der Waals surface area contributed by atoms with Gasteiger partial charge in [-0.1, -0.05) is 56.5 Å². The number of benzene rings is 1. The van der Waals surface area contributed by atoms with Gasteiger partial charge < -0.3 is 5.11 Å². The summed E-state index contributed by atoms with van der Waals surface area (Å²) in [5.74, 6) is -0.706. The molecule has 0 saturated heterocycles. The van der Waals surface area contributed by atoms with E-state index in [1.807, 2.05) is 32.0 Å². The van der Waals surface area contributed by atoms with Crippen molar-refractivity contribution in [3.63, 3.8) is 0 Å². The molecule has 2 heteroatoms. The minimum absolute atomic E-state index is 0.234. The van der Waals surface area contributed by atoms with Gasteiger partial charge in [0.05, 0.1) is 5.92 Å². The number of aliphatic carboxylic acids is 1. The van der Waals surface area contributed by atoms with Crippen LogP contribution >= 0.6 is 0 Å². The van der Waals surface area contributed by atoms with Crippen LogP contribution in [0.1, 0.15) is 37.8 Å². The van der Waals surface area contributed by atoms with Crippen LogP contribution in [0.4, 0.5) is 0 Å². The van der Waals surface area contributed by atoms with Gasteiger partial charge in [-0.25, -0.2) is 0 Å². The lowest BCUT2D eigenvalue weighted by atomic mass is 9.85. The third-order valence-electron chi connectivity index (χ3n) is 3.29. The molecule has 0 saturated carbocycles. The van der Waals surface area contributed by atoms with Crippen LogP contribution in [0, 0.1) is 18.8 Å². The largest absolute Gasteiger partial charge is 0.481 e. The van der Waals surface area contributed by atoms with E-state index in [4.69, 9.17) is 0 Å². The predicted molar refractivity (Wildman–Crippen MR) is 70.1 cm³/mol. The van der Waals surface area contributed by atoms with Crippen molar-refractivity contribution in [2.75, 3.05) is 0 Å². The van der Waals surface area contributed by atoms with E-state index in [0.29, 0.717) is 6.42 Å². The first-order chi connectivity index (χ1) is 8.04. The van der Waals surface area contributed by atoms with Crippen molar-refractivity contribution in [1.82, 2.24) is 0 Å². The lowest BCUT2D eigenvalue weighted by molar-refractivity contribution is -0.143. The number of hydrogen-bond donors (Lipinski definition) is 1. The first-order valence-electron chi connectivity index (χ1n) is 6.33. The van der Waals surface area contributed by atoms with E-state index in [1.54, 1.807) is 0 Å². The fourth-order valence-electron chi connectivity index (χ4n) is 2.28. The van der Waals surface area contributed by atoms with Gasteiger partial charge >= 0.3 is 5.97 Å². The predicted octanol–water partition coefficient (Wildman–Crippen LogP) is 3.67. The number of hydrogen-bond acceptors (Lipinski definition) is 1. The summed E-state index contributed by atoms with van der Waals surface area (Å²) in [4.78, 5) is 11.3. The van der Waals surface area contributed by atoms with Crippen LogP contribution in [0.15, 0.2) is 24.3 Å². The summed E-state index contributed by atoms with van der Waals surface area (Å²) in [5, 5.41) is 9.30. The van der Waals surface area contributed by atoms with Gasteiger partial charge in [0.15, 0.2) is 0 Å². The highest BCUT2D eigenvalue weighted by molar-refractivity contribution is 5.70. The maximum absolute atomic E-state index is 11.3. The molecule has 0 aliphatic carbocycles. The summed E-state index contributed by atoms with van der Waals surface area (Å²) in [6.07, 6.45) is 2.65. The molecule has 0 fully saturated rings. The molecule has 1 rings (SSSR count). The number of carboxylic acids is 1. The fraction of sp³-hybridized carbons (Fsp3) is 0.533. The van der Waals surface area contributed by atoms with Crippen LogP contribution in [0.2, 0.25) is 0 Å². The van der Waals surface area contributed by atoms with Crippen molar-refractivity contribution in [2.24, 2.45) is 11.8 Å². The Balaban J connectivity index is 2.76. The molecule has 0 radical (unpaired) electrons. The van der Waals surface area contributed by atoms with Crippen LogP contribution in [-0.4, -0.2) is 11.1 Å². The van der Waals surface area contributed by atoms with E-state index in [1.165, 1.54) is 5.56 Å². The SMILES string of the molecule is CCCC(C)C(Cc1cccc(C)c1)C(=O)O. The Kier molecular flexibility index (Phi) is 5.20. The summed E-state index contributed by atoms with van der Waals surface area (Å²) < 4.78 is 0. The average Bonchev–Trinajstić information content (AvgIpc) is 2.26. The molecule has 94 valence electrons. The molecule has 0 heterocycles. The van der Waals surface area contributed by atoms with Gasteiger partial charge in [0.1, 0.15) is 0 Å². The van der Waals surface area contributed by atoms with Gasteiger partial charge in [0.25, 0.3) is 0 Å². The second-order valence-corrected chi connectivity index (χ2v) is 4.90. The highest BCUT2D eigenvalue weighted by Gasteiger charge is 2.24. The minimum Gasteiger partial charge on any atom is -0.481 e. The molecule has 2 nitrogen and oxygen atoms in total. The maximum atomic E-state index is 11.3. The van der Waals surface area contributed by atoms with Crippen LogP contribution < -0.4 is 0 Å². The van der Waals surface area contributed by atoms with Crippen molar-refractivity contribution in [2.45, 2.75) is 40.0 Å². The smallest absolute Gasteiger partial charge is 0.307 e. The number of carbonyl (C=O) groups is 1. The molecule has 0 aromatic heterocycles. The Morgan fingerprint density at radius 2 is 2.12 bits per heavy atom. The Hall–Kier alpha value is -1.31. The highest BCUT2D eigenvalue weighted by Crippen LogP contribution is 2.22. The minimum atomic E-state index is -0.674. The molecule has 0 aliphatic rings. The first-order valence-corrected chi connectivity index (χ1v) is 6.33. The molecule has 2 unspecified atom stereocenters. The molecule has 2 atom stereocenters. The third-order valence-corrected chi connectivity index (χ3v) is 3.29. The summed E-state index contributed by atoms with van der Waals surface area (Å²) in [7, 11) is 0. The van der Waals surface area contributed by atoms with Crippen molar-refractivity contribution in [3.05, 3.63) is 35.4 Å². The lowest BCUT2D eigenvalue weighted by Gasteiger charge is -2.19. The molecule has 17 heavy (non-hydrogen) atoms. The van der Waals surface area contributed by atoms with Gasteiger partial charge in [-0.15, -0.1) is 0 Å². The Morgan fingerprint density at radius 1 is 1.41 bits per heavy atom. The van der Waals surface area contributed by atoms with Crippen LogP contribution in [0.5, 0.6) is 0 Å². The van der Waals surface area contributed by atoms with E-state index in [0.717, 1.165) is 18.4 Å². The molecule has 0 spiro atoms. The zero-order chi connectivity index (χ0) is 12.8. The van der Waals surface area contributed by atoms with E-state index >= 15 is 0 Å². The molecule has 0 aliphatic heterocycles. The van der Waals surface area contributed by atoms with E-state index in [-0.39, 0.29) is 11.8 Å². The van der Waals surface area contributed by atoms with Gasteiger partial charge in [0.2, 0.25) is 0 Å². The quantitative estimate of drug-likeness (QED) is 0.815. The highest BCUT2D eigenvalue weighted by atomic mass is 16.4. The van der Waals surface area contributed by atoms with Crippen molar-refractivity contribution < 1.29 is 9.90 Å². The van der Waals surface area contributed by atoms with Crippen LogP contribution in [0.25, 0.3) is 0 Å². The molecule has 1 N–H and O–H groups in total. The Labute approximate surface area is 104 Å². The molecule has 0 amide bonds. The third kappa shape index (κ3) is 4.22. The molecule has 1 aromatic rings. The topological polar surface area (TPSA) is 37.3 Å². The zero-order valence-electron chi connectivity index (χ0n) is 10.9.